The van der Waals surface area contributed by atoms with Crippen LogP contribution in [0.5, 0.6) is 0 Å². The summed E-state index contributed by atoms with van der Waals surface area (Å²) in [5.74, 6) is 0.694. The molecule has 0 aliphatic carbocycles. The average Bonchev–Trinajstić information content (AvgIpc) is 2.53. The van der Waals surface area contributed by atoms with Gasteiger partial charge in [-0.15, -0.1) is 0 Å². The van der Waals surface area contributed by atoms with Crippen molar-refractivity contribution in [2.45, 2.75) is 37.9 Å². The largest absolute Gasteiger partial charge is 0.287 e. The van der Waals surface area contributed by atoms with E-state index in [1.165, 1.54) is 11.8 Å². The van der Waals surface area contributed by atoms with E-state index in [0.717, 1.165) is 19.1 Å². The van der Waals surface area contributed by atoms with Crippen LogP contribution in [0.25, 0.3) is 10.9 Å². The minimum Gasteiger partial charge on any atom is -0.287 e. The highest BCUT2D eigenvalue weighted by molar-refractivity contribution is 7.99. The number of nitrogens with one attached hydrogen (secondary N) is 1. The lowest BCUT2D eigenvalue weighted by molar-refractivity contribution is 0.557. The van der Waals surface area contributed by atoms with Gasteiger partial charge >= 0.3 is 0 Å². The molecule has 0 amide bonds. The monoisotopic (exact) mass is 369 g/mol. The molecule has 24 heavy (non-hydrogen) atoms. The number of thioether (sulfide) groups is 1. The van der Waals surface area contributed by atoms with E-state index in [1.54, 1.807) is 10.6 Å². The van der Waals surface area contributed by atoms with E-state index in [1.807, 2.05) is 18.2 Å². The Bertz CT molecular complexity index is 847. The maximum absolute atomic E-state index is 12.7. The van der Waals surface area contributed by atoms with Crippen LogP contribution in [0, 0.1) is 0 Å². The number of nitrogens with zero attached hydrogens (tertiary/aromatic N) is 2. The molecule has 1 aromatic carbocycles. The molecule has 1 heterocycles. The predicted octanol–water partition coefficient (Wildman–Crippen LogP) is 2.23. The summed E-state index contributed by atoms with van der Waals surface area (Å²) in [6.07, 6.45) is 3.74. The van der Waals surface area contributed by atoms with Crippen molar-refractivity contribution in [1.82, 2.24) is 14.3 Å². The second-order valence-corrected chi connectivity index (χ2v) is 8.49. The summed E-state index contributed by atoms with van der Waals surface area (Å²) in [6, 6.07) is 7.36. The summed E-state index contributed by atoms with van der Waals surface area (Å²) < 4.78 is 26.3. The number of hydrogen-bond acceptors (Lipinski definition) is 5. The molecule has 1 aromatic heterocycles. The molecule has 0 aliphatic rings. The molecule has 0 spiro atoms. The quantitative estimate of drug-likeness (QED) is 0.416. The van der Waals surface area contributed by atoms with Crippen LogP contribution in [0.1, 0.15) is 26.2 Å². The molecule has 1 N–H and O–H groups in total. The van der Waals surface area contributed by atoms with E-state index in [9.17, 15) is 13.2 Å². The summed E-state index contributed by atoms with van der Waals surface area (Å²) in [5.41, 5.74) is 0.692. The number of para-hydroxylation sites is 1. The van der Waals surface area contributed by atoms with Gasteiger partial charge in [0.25, 0.3) is 5.56 Å². The van der Waals surface area contributed by atoms with Crippen molar-refractivity contribution >= 4 is 32.7 Å². The Morgan fingerprint density at radius 2 is 2.00 bits per heavy atom. The first-order valence-corrected chi connectivity index (χ1v) is 10.9. The highest BCUT2D eigenvalue weighted by Gasteiger charge is 2.11. The molecule has 132 valence electrons. The number of rotatable bonds is 9. The Labute approximate surface area is 146 Å². The van der Waals surface area contributed by atoms with E-state index in [0.29, 0.717) is 41.3 Å². The third-order valence-corrected chi connectivity index (χ3v) is 5.27. The third-order valence-electron chi connectivity index (χ3n) is 3.48. The summed E-state index contributed by atoms with van der Waals surface area (Å²) in [7, 11) is -3.16. The Balaban J connectivity index is 2.16. The SMILES string of the molecule is CCCCn1c(SCCCNS(C)(=O)=O)nc2ccccc2c1=O. The number of unbranched alkanes of at least 4 members (excludes halogenated alkanes) is 1. The smallest absolute Gasteiger partial charge is 0.262 e. The van der Waals surface area contributed by atoms with Gasteiger partial charge in [0, 0.05) is 18.8 Å². The minimum atomic E-state index is -3.16. The molecule has 0 unspecified atom stereocenters. The topological polar surface area (TPSA) is 81.1 Å². The maximum Gasteiger partial charge on any atom is 0.262 e. The van der Waals surface area contributed by atoms with Gasteiger partial charge in [-0.1, -0.05) is 37.2 Å². The second kappa shape index (κ2) is 8.64. The van der Waals surface area contributed by atoms with Gasteiger partial charge in [0.05, 0.1) is 17.2 Å². The molecule has 0 bridgehead atoms. The summed E-state index contributed by atoms with van der Waals surface area (Å²) in [5, 5.41) is 1.34. The molecule has 0 saturated heterocycles. The van der Waals surface area contributed by atoms with Gasteiger partial charge in [-0.05, 0) is 25.0 Å². The van der Waals surface area contributed by atoms with Crippen molar-refractivity contribution in [2.75, 3.05) is 18.6 Å². The summed E-state index contributed by atoms with van der Waals surface area (Å²) in [6.45, 7) is 3.12. The third kappa shape index (κ3) is 5.32. The highest BCUT2D eigenvalue weighted by atomic mass is 32.2. The van der Waals surface area contributed by atoms with Gasteiger partial charge < -0.3 is 0 Å². The van der Waals surface area contributed by atoms with Crippen molar-refractivity contribution in [2.24, 2.45) is 0 Å². The van der Waals surface area contributed by atoms with E-state index in [2.05, 4.69) is 16.6 Å². The molecule has 2 aromatic rings. The van der Waals surface area contributed by atoms with Crippen LogP contribution in [-0.4, -0.2) is 36.5 Å². The number of fused-ring (bicyclic) bond motifs is 1. The van der Waals surface area contributed by atoms with Crippen LogP contribution in [0.3, 0.4) is 0 Å². The standard InChI is InChI=1S/C16H23N3O3S2/c1-3-4-11-19-15(20)13-8-5-6-9-14(13)18-16(19)23-12-7-10-17-24(2,21)22/h5-6,8-9,17H,3-4,7,10-12H2,1-2H3. The van der Waals surface area contributed by atoms with E-state index < -0.39 is 10.0 Å². The van der Waals surface area contributed by atoms with E-state index in [-0.39, 0.29) is 5.56 Å². The predicted molar refractivity (Wildman–Crippen MR) is 99.1 cm³/mol. The molecule has 0 aliphatic heterocycles. The van der Waals surface area contributed by atoms with Crippen molar-refractivity contribution in [3.63, 3.8) is 0 Å². The first-order chi connectivity index (χ1) is 11.4. The lowest BCUT2D eigenvalue weighted by atomic mass is 10.2. The van der Waals surface area contributed by atoms with Crippen molar-refractivity contribution < 1.29 is 8.42 Å². The molecule has 2 rings (SSSR count). The van der Waals surface area contributed by atoms with Gasteiger partial charge in [0.2, 0.25) is 10.0 Å². The van der Waals surface area contributed by atoms with Crippen LogP contribution < -0.4 is 10.3 Å². The fourth-order valence-electron chi connectivity index (χ4n) is 2.26. The minimum absolute atomic E-state index is 0.00851. The van der Waals surface area contributed by atoms with Gasteiger partial charge in [0.1, 0.15) is 0 Å². The van der Waals surface area contributed by atoms with E-state index >= 15 is 0 Å². The molecule has 0 saturated carbocycles. The molecule has 6 nitrogen and oxygen atoms in total. The van der Waals surface area contributed by atoms with Crippen LogP contribution >= 0.6 is 11.8 Å². The second-order valence-electron chi connectivity index (χ2n) is 5.59. The molecule has 0 radical (unpaired) electrons. The lowest BCUT2D eigenvalue weighted by Gasteiger charge is -2.12. The maximum atomic E-state index is 12.7. The number of benzene rings is 1. The van der Waals surface area contributed by atoms with Crippen LogP contribution in [0.15, 0.2) is 34.2 Å². The Morgan fingerprint density at radius 1 is 1.25 bits per heavy atom. The molecular weight excluding hydrogens is 346 g/mol. The zero-order chi connectivity index (χ0) is 17.6. The van der Waals surface area contributed by atoms with Gasteiger partial charge in [0.15, 0.2) is 5.16 Å². The fraction of sp³-hybridized carbons (Fsp3) is 0.500. The van der Waals surface area contributed by atoms with Gasteiger partial charge in [-0.25, -0.2) is 18.1 Å². The zero-order valence-corrected chi connectivity index (χ0v) is 15.6. The molecular formula is C16H23N3O3S2. The lowest BCUT2D eigenvalue weighted by Crippen LogP contribution is -2.24. The Kier molecular flexibility index (Phi) is 6.82. The highest BCUT2D eigenvalue weighted by Crippen LogP contribution is 2.19. The van der Waals surface area contributed by atoms with Gasteiger partial charge in [-0.3, -0.25) is 9.36 Å². The van der Waals surface area contributed by atoms with Crippen molar-refractivity contribution in [3.8, 4) is 0 Å². The van der Waals surface area contributed by atoms with Gasteiger partial charge in [-0.2, -0.15) is 0 Å². The first-order valence-electron chi connectivity index (χ1n) is 7.99. The van der Waals surface area contributed by atoms with Crippen molar-refractivity contribution in [1.29, 1.82) is 0 Å². The average molecular weight is 370 g/mol. The summed E-state index contributed by atoms with van der Waals surface area (Å²) in [4.78, 5) is 17.3. The fourth-order valence-corrected chi connectivity index (χ4v) is 3.74. The molecule has 0 atom stereocenters. The van der Waals surface area contributed by atoms with Crippen LogP contribution in [0.4, 0.5) is 0 Å². The van der Waals surface area contributed by atoms with Crippen LogP contribution in [-0.2, 0) is 16.6 Å². The first kappa shape index (κ1) is 19.0. The normalized spacial score (nSPS) is 11.9. The molecule has 8 heteroatoms. The number of sulfonamides is 1. The number of aromatic nitrogens is 2. The molecule has 0 fully saturated rings. The van der Waals surface area contributed by atoms with Crippen molar-refractivity contribution in [3.05, 3.63) is 34.6 Å². The Morgan fingerprint density at radius 3 is 2.71 bits per heavy atom. The number of hydrogen-bond donors (Lipinski definition) is 1. The summed E-state index contributed by atoms with van der Waals surface area (Å²) >= 11 is 1.49. The van der Waals surface area contributed by atoms with E-state index in [4.69, 9.17) is 0 Å². The Hall–Kier alpha value is -1.38. The zero-order valence-electron chi connectivity index (χ0n) is 14.0. The van der Waals surface area contributed by atoms with Crippen LogP contribution in [0.2, 0.25) is 0 Å².